The molecule has 1 heterocycles. The molecule has 0 saturated carbocycles. The van der Waals surface area contributed by atoms with Crippen molar-refractivity contribution in [2.24, 2.45) is 0 Å². The van der Waals surface area contributed by atoms with Crippen LogP contribution in [0.1, 0.15) is 13.3 Å². The number of nitrogens with zero attached hydrogens (tertiary/aromatic N) is 1. The fourth-order valence-corrected chi connectivity index (χ4v) is 2.17. The molecule has 0 aliphatic carbocycles. The van der Waals surface area contributed by atoms with E-state index in [1.165, 1.54) is 23.1 Å². The Labute approximate surface area is 121 Å². The molecule has 1 fully saturated rings. The third-order valence-corrected chi connectivity index (χ3v) is 3.14. The summed E-state index contributed by atoms with van der Waals surface area (Å²) in [6, 6.07) is 5.01. The first-order valence-corrected chi connectivity index (χ1v) is 6.74. The summed E-state index contributed by atoms with van der Waals surface area (Å²) in [6.45, 7) is 2.00. The lowest BCUT2D eigenvalue weighted by molar-refractivity contribution is -0.117. The monoisotopic (exact) mass is 295 g/mol. The normalized spacial score (nSPS) is 19.5. The molecule has 0 spiro atoms. The number of amides is 3. The number of nitrogens with one attached hydrogen (secondary N) is 2. The van der Waals surface area contributed by atoms with Gasteiger partial charge < -0.3 is 20.6 Å². The smallest absolute Gasteiger partial charge is 0.315 e. The highest BCUT2D eigenvalue weighted by atomic mass is 19.1. The van der Waals surface area contributed by atoms with E-state index >= 15 is 0 Å². The Bertz CT molecular complexity index is 536. The standard InChI is InChI=1S/C14H18FN3O3/c1-9(19)7-16-14(21)17-11-6-13(20)18(8-11)12-4-2-3-10(15)5-12/h2-5,9,11,19H,6-8H2,1H3,(H2,16,17,21)/t9-,11-/m1/s1. The van der Waals surface area contributed by atoms with Gasteiger partial charge in [0.25, 0.3) is 0 Å². The predicted octanol–water partition coefficient (Wildman–Crippen LogP) is 0.611. The summed E-state index contributed by atoms with van der Waals surface area (Å²) in [7, 11) is 0. The van der Waals surface area contributed by atoms with Crippen LogP contribution in [0.3, 0.4) is 0 Å². The summed E-state index contributed by atoms with van der Waals surface area (Å²) >= 11 is 0. The molecular weight excluding hydrogens is 277 g/mol. The van der Waals surface area contributed by atoms with Gasteiger partial charge in [0, 0.05) is 25.2 Å². The minimum absolute atomic E-state index is 0.139. The molecule has 0 radical (unpaired) electrons. The van der Waals surface area contributed by atoms with Gasteiger partial charge in [0.05, 0.1) is 12.1 Å². The molecule has 0 unspecified atom stereocenters. The summed E-state index contributed by atoms with van der Waals surface area (Å²) < 4.78 is 13.2. The molecule has 2 rings (SSSR count). The zero-order valence-corrected chi connectivity index (χ0v) is 11.7. The number of hydrogen-bond donors (Lipinski definition) is 3. The fourth-order valence-electron chi connectivity index (χ4n) is 2.17. The van der Waals surface area contributed by atoms with Gasteiger partial charge in [-0.25, -0.2) is 9.18 Å². The molecular formula is C14H18FN3O3. The van der Waals surface area contributed by atoms with Crippen LogP contribution in [0, 0.1) is 5.82 Å². The van der Waals surface area contributed by atoms with Crippen LogP contribution < -0.4 is 15.5 Å². The van der Waals surface area contributed by atoms with E-state index in [-0.39, 0.29) is 24.9 Å². The second-order valence-electron chi connectivity index (χ2n) is 5.09. The largest absolute Gasteiger partial charge is 0.392 e. The van der Waals surface area contributed by atoms with Crippen molar-refractivity contribution in [3.63, 3.8) is 0 Å². The molecule has 6 nitrogen and oxygen atoms in total. The Morgan fingerprint density at radius 3 is 3.00 bits per heavy atom. The lowest BCUT2D eigenvalue weighted by atomic mass is 10.2. The number of carbonyl (C=O) groups is 2. The summed E-state index contributed by atoms with van der Waals surface area (Å²) in [5.41, 5.74) is 0.480. The summed E-state index contributed by atoms with van der Waals surface area (Å²) in [6.07, 6.45) is -0.469. The van der Waals surface area contributed by atoms with E-state index in [4.69, 9.17) is 5.11 Å². The van der Waals surface area contributed by atoms with E-state index in [2.05, 4.69) is 10.6 Å². The summed E-state index contributed by atoms with van der Waals surface area (Å²) in [5.74, 6) is -0.576. The van der Waals surface area contributed by atoms with Crippen LogP contribution in [0.25, 0.3) is 0 Å². The van der Waals surface area contributed by atoms with Crippen LogP contribution in [-0.4, -0.2) is 42.3 Å². The Morgan fingerprint density at radius 2 is 2.33 bits per heavy atom. The van der Waals surface area contributed by atoms with Crippen LogP contribution in [0.2, 0.25) is 0 Å². The SMILES string of the molecule is C[C@@H](O)CNC(=O)N[C@@H]1CC(=O)N(c2cccc(F)c2)C1. The van der Waals surface area contributed by atoms with Crippen molar-refractivity contribution in [2.75, 3.05) is 18.0 Å². The van der Waals surface area contributed by atoms with Crippen molar-refractivity contribution in [3.8, 4) is 0 Å². The van der Waals surface area contributed by atoms with E-state index < -0.39 is 18.0 Å². The van der Waals surface area contributed by atoms with Gasteiger partial charge in [0.15, 0.2) is 0 Å². The van der Waals surface area contributed by atoms with Gasteiger partial charge in [-0.05, 0) is 25.1 Å². The van der Waals surface area contributed by atoms with E-state index in [1.807, 2.05) is 0 Å². The molecule has 1 aliphatic rings. The number of benzene rings is 1. The molecule has 3 N–H and O–H groups in total. The summed E-state index contributed by atoms with van der Waals surface area (Å²) in [5, 5.41) is 14.2. The molecule has 21 heavy (non-hydrogen) atoms. The number of carbonyl (C=O) groups excluding carboxylic acids is 2. The first-order valence-electron chi connectivity index (χ1n) is 6.74. The predicted molar refractivity (Wildman–Crippen MR) is 75.4 cm³/mol. The third-order valence-electron chi connectivity index (χ3n) is 3.14. The molecule has 1 aromatic carbocycles. The molecule has 1 saturated heterocycles. The van der Waals surface area contributed by atoms with Crippen molar-refractivity contribution >= 4 is 17.6 Å². The lowest BCUT2D eigenvalue weighted by Crippen LogP contribution is -2.45. The minimum Gasteiger partial charge on any atom is -0.392 e. The zero-order chi connectivity index (χ0) is 15.4. The maximum Gasteiger partial charge on any atom is 0.315 e. The second kappa shape index (κ2) is 6.53. The minimum atomic E-state index is -0.634. The number of halogens is 1. The van der Waals surface area contributed by atoms with Gasteiger partial charge in [-0.1, -0.05) is 6.07 Å². The fraction of sp³-hybridized carbons (Fsp3) is 0.429. The number of anilines is 1. The van der Waals surface area contributed by atoms with Crippen LogP contribution >= 0.6 is 0 Å². The van der Waals surface area contributed by atoms with Crippen molar-refractivity contribution in [1.82, 2.24) is 10.6 Å². The van der Waals surface area contributed by atoms with Gasteiger partial charge in [-0.2, -0.15) is 0 Å². The molecule has 1 aliphatic heterocycles. The molecule has 1 aromatic rings. The molecule has 7 heteroatoms. The maximum absolute atomic E-state index is 13.2. The van der Waals surface area contributed by atoms with Crippen LogP contribution in [-0.2, 0) is 4.79 Å². The highest BCUT2D eigenvalue weighted by Crippen LogP contribution is 2.22. The molecule has 2 atom stereocenters. The number of rotatable bonds is 4. The Balaban J connectivity index is 1.92. The maximum atomic E-state index is 13.2. The van der Waals surface area contributed by atoms with Crippen LogP contribution in [0.4, 0.5) is 14.9 Å². The van der Waals surface area contributed by atoms with E-state index in [0.29, 0.717) is 12.2 Å². The topological polar surface area (TPSA) is 81.7 Å². The number of urea groups is 1. The average molecular weight is 295 g/mol. The van der Waals surface area contributed by atoms with Gasteiger partial charge in [0.2, 0.25) is 5.91 Å². The van der Waals surface area contributed by atoms with Crippen molar-refractivity contribution in [3.05, 3.63) is 30.1 Å². The lowest BCUT2D eigenvalue weighted by Gasteiger charge is -2.17. The van der Waals surface area contributed by atoms with Gasteiger partial charge >= 0.3 is 6.03 Å². The third kappa shape index (κ3) is 4.16. The van der Waals surface area contributed by atoms with E-state index in [9.17, 15) is 14.0 Å². The molecule has 3 amide bonds. The van der Waals surface area contributed by atoms with Crippen molar-refractivity contribution in [1.29, 1.82) is 0 Å². The Kier molecular flexibility index (Phi) is 4.74. The summed E-state index contributed by atoms with van der Waals surface area (Å²) in [4.78, 5) is 25.0. The van der Waals surface area contributed by atoms with Gasteiger partial charge in [-0.15, -0.1) is 0 Å². The molecule has 114 valence electrons. The first kappa shape index (κ1) is 15.2. The van der Waals surface area contributed by atoms with E-state index in [0.717, 1.165) is 0 Å². The zero-order valence-electron chi connectivity index (χ0n) is 11.7. The van der Waals surface area contributed by atoms with Crippen molar-refractivity contribution in [2.45, 2.75) is 25.5 Å². The second-order valence-corrected chi connectivity index (χ2v) is 5.09. The van der Waals surface area contributed by atoms with Crippen LogP contribution in [0.5, 0.6) is 0 Å². The van der Waals surface area contributed by atoms with Crippen molar-refractivity contribution < 1.29 is 19.1 Å². The Hall–Kier alpha value is -2.15. The quantitative estimate of drug-likeness (QED) is 0.761. The average Bonchev–Trinajstić information content (AvgIpc) is 2.77. The van der Waals surface area contributed by atoms with E-state index in [1.54, 1.807) is 13.0 Å². The molecule has 0 aromatic heterocycles. The number of aliphatic hydroxyl groups is 1. The molecule has 0 bridgehead atoms. The highest BCUT2D eigenvalue weighted by molar-refractivity contribution is 5.96. The van der Waals surface area contributed by atoms with Gasteiger partial charge in [0.1, 0.15) is 5.82 Å². The first-order chi connectivity index (χ1) is 9.95. The number of aliphatic hydroxyl groups excluding tert-OH is 1. The highest BCUT2D eigenvalue weighted by Gasteiger charge is 2.31. The Morgan fingerprint density at radius 1 is 1.57 bits per heavy atom. The van der Waals surface area contributed by atoms with Gasteiger partial charge in [-0.3, -0.25) is 4.79 Å². The number of hydrogen-bond acceptors (Lipinski definition) is 3. The van der Waals surface area contributed by atoms with Crippen LogP contribution in [0.15, 0.2) is 24.3 Å².